The Balaban J connectivity index is 1.98. The van der Waals surface area contributed by atoms with Crippen molar-refractivity contribution in [3.8, 4) is 5.75 Å². The first-order chi connectivity index (χ1) is 17.2. The van der Waals surface area contributed by atoms with Gasteiger partial charge in [0.1, 0.15) is 5.75 Å². The summed E-state index contributed by atoms with van der Waals surface area (Å²) in [5.74, 6) is 4.65. The van der Waals surface area contributed by atoms with Gasteiger partial charge in [0.25, 0.3) is 0 Å². The molecule has 202 valence electrons. The topological polar surface area (TPSA) is 29.5 Å². The zero-order valence-electron chi connectivity index (χ0n) is 23.1. The summed E-state index contributed by atoms with van der Waals surface area (Å²) in [5.41, 5.74) is 2.65. The SMILES string of the molecule is CCCCCCCCCCCCOc1c(C2CCCC2)cccc1C(SCCC)C(O)CSCC. The molecule has 2 unspecified atom stereocenters. The molecule has 0 bridgehead atoms. The van der Waals surface area contributed by atoms with E-state index in [9.17, 15) is 5.11 Å². The maximum Gasteiger partial charge on any atom is 0.127 e. The molecule has 4 heteroatoms. The second-order valence-corrected chi connectivity index (χ2v) is 12.9. The van der Waals surface area contributed by atoms with E-state index in [1.165, 1.54) is 94.6 Å². The zero-order valence-corrected chi connectivity index (χ0v) is 24.7. The smallest absolute Gasteiger partial charge is 0.127 e. The average molecular weight is 523 g/mol. The van der Waals surface area contributed by atoms with Crippen LogP contribution in [0.15, 0.2) is 18.2 Å². The van der Waals surface area contributed by atoms with E-state index >= 15 is 0 Å². The van der Waals surface area contributed by atoms with Crippen molar-refractivity contribution in [2.24, 2.45) is 0 Å². The van der Waals surface area contributed by atoms with Gasteiger partial charge in [-0.05, 0) is 48.7 Å². The van der Waals surface area contributed by atoms with Crippen LogP contribution in [0, 0.1) is 0 Å². The summed E-state index contributed by atoms with van der Waals surface area (Å²) < 4.78 is 6.64. The second-order valence-electron chi connectivity index (χ2n) is 10.3. The highest BCUT2D eigenvalue weighted by Gasteiger charge is 2.29. The molecule has 0 spiro atoms. The molecular formula is C31H54O2S2. The minimum Gasteiger partial charge on any atom is -0.493 e. The van der Waals surface area contributed by atoms with Gasteiger partial charge in [0, 0.05) is 11.3 Å². The Morgan fingerprint density at radius 3 is 2.17 bits per heavy atom. The Kier molecular flexibility index (Phi) is 17.4. The Morgan fingerprint density at radius 1 is 0.886 bits per heavy atom. The van der Waals surface area contributed by atoms with Crippen molar-refractivity contribution in [2.75, 3.05) is 23.9 Å². The van der Waals surface area contributed by atoms with Crippen molar-refractivity contribution < 1.29 is 9.84 Å². The van der Waals surface area contributed by atoms with Gasteiger partial charge < -0.3 is 9.84 Å². The standard InChI is InChI=1S/C31H54O2S2/c1-4-7-8-9-10-11-12-13-14-17-23-33-30-27(26-19-15-16-20-26)21-18-22-28(30)31(35-24-5-2)29(32)25-34-6-3/h18,21-22,26,29,31-32H,4-17,19-20,23-25H2,1-3H3. The lowest BCUT2D eigenvalue weighted by Crippen LogP contribution is -2.21. The van der Waals surface area contributed by atoms with Crippen LogP contribution in [0.3, 0.4) is 0 Å². The van der Waals surface area contributed by atoms with Crippen LogP contribution < -0.4 is 4.74 Å². The highest BCUT2D eigenvalue weighted by molar-refractivity contribution is 8.00. The Bertz CT molecular complexity index is 645. The van der Waals surface area contributed by atoms with E-state index in [0.717, 1.165) is 42.5 Å². The first-order valence-corrected chi connectivity index (χ1v) is 17.1. The lowest BCUT2D eigenvalue weighted by atomic mass is 9.93. The summed E-state index contributed by atoms with van der Waals surface area (Å²) in [6.07, 6.45) is 19.5. The summed E-state index contributed by atoms with van der Waals surface area (Å²) in [5, 5.41) is 11.3. The molecule has 2 atom stereocenters. The summed E-state index contributed by atoms with van der Waals surface area (Å²) in [7, 11) is 0. The fourth-order valence-electron chi connectivity index (χ4n) is 5.27. The van der Waals surface area contributed by atoms with Crippen molar-refractivity contribution in [1.82, 2.24) is 0 Å². The fraction of sp³-hybridized carbons (Fsp3) is 0.806. The van der Waals surface area contributed by atoms with Crippen LogP contribution in [0.25, 0.3) is 0 Å². The van der Waals surface area contributed by atoms with E-state index in [1.807, 2.05) is 23.5 Å². The fourth-order valence-corrected chi connectivity index (χ4v) is 7.23. The number of ether oxygens (including phenoxy) is 1. The van der Waals surface area contributed by atoms with Crippen molar-refractivity contribution in [3.05, 3.63) is 29.3 Å². The van der Waals surface area contributed by atoms with Gasteiger partial charge in [0.05, 0.1) is 18.0 Å². The summed E-state index contributed by atoms with van der Waals surface area (Å²) in [6, 6.07) is 6.76. The molecule has 1 aliphatic carbocycles. The van der Waals surface area contributed by atoms with Crippen LogP contribution in [-0.2, 0) is 0 Å². The van der Waals surface area contributed by atoms with Crippen LogP contribution >= 0.6 is 23.5 Å². The second kappa shape index (κ2) is 19.7. The Hall–Kier alpha value is -0.320. The number of hydrogen-bond donors (Lipinski definition) is 1. The van der Waals surface area contributed by atoms with Crippen LogP contribution in [0.4, 0.5) is 0 Å². The monoisotopic (exact) mass is 522 g/mol. The van der Waals surface area contributed by atoms with Crippen LogP contribution in [0.2, 0.25) is 0 Å². The molecule has 0 radical (unpaired) electrons. The molecule has 1 saturated carbocycles. The molecule has 1 fully saturated rings. The third kappa shape index (κ3) is 11.7. The number of thioether (sulfide) groups is 2. The molecule has 0 amide bonds. The first kappa shape index (κ1) is 30.9. The molecular weight excluding hydrogens is 468 g/mol. The van der Waals surface area contributed by atoms with Crippen molar-refractivity contribution >= 4 is 23.5 Å². The van der Waals surface area contributed by atoms with Gasteiger partial charge in [0.2, 0.25) is 0 Å². The molecule has 0 saturated heterocycles. The van der Waals surface area contributed by atoms with Gasteiger partial charge in [-0.25, -0.2) is 0 Å². The maximum absolute atomic E-state index is 11.2. The number of aliphatic hydroxyl groups is 1. The molecule has 0 aliphatic heterocycles. The van der Waals surface area contributed by atoms with Crippen molar-refractivity contribution in [2.45, 2.75) is 134 Å². The summed E-state index contributed by atoms with van der Waals surface area (Å²) in [4.78, 5) is 0. The molecule has 2 rings (SSSR count). The van der Waals surface area contributed by atoms with Crippen LogP contribution in [0.5, 0.6) is 5.75 Å². The number of rotatable bonds is 21. The van der Waals surface area contributed by atoms with Gasteiger partial charge in [0.15, 0.2) is 0 Å². The predicted octanol–water partition coefficient (Wildman–Crippen LogP) is 9.94. The van der Waals surface area contributed by atoms with Crippen LogP contribution in [0.1, 0.15) is 139 Å². The third-order valence-corrected chi connectivity index (χ3v) is 9.82. The zero-order chi connectivity index (χ0) is 25.1. The molecule has 0 heterocycles. The average Bonchev–Trinajstić information content (AvgIpc) is 3.41. The van der Waals surface area contributed by atoms with Gasteiger partial charge >= 0.3 is 0 Å². The van der Waals surface area contributed by atoms with E-state index in [2.05, 4.69) is 39.0 Å². The van der Waals surface area contributed by atoms with E-state index in [4.69, 9.17) is 4.74 Å². The Labute approximate surface area is 226 Å². The number of aliphatic hydroxyl groups excluding tert-OH is 1. The molecule has 1 aliphatic rings. The minimum absolute atomic E-state index is 0.0954. The third-order valence-electron chi connectivity index (χ3n) is 7.27. The van der Waals surface area contributed by atoms with Gasteiger partial charge in [-0.3, -0.25) is 0 Å². The van der Waals surface area contributed by atoms with Gasteiger partial charge in [-0.2, -0.15) is 23.5 Å². The highest BCUT2D eigenvalue weighted by Crippen LogP contribution is 2.45. The number of hydrogen-bond acceptors (Lipinski definition) is 4. The minimum atomic E-state index is -0.338. The molecule has 1 aromatic rings. The summed E-state index contributed by atoms with van der Waals surface area (Å²) >= 11 is 3.75. The quantitative estimate of drug-likeness (QED) is 0.163. The molecule has 0 aromatic heterocycles. The largest absolute Gasteiger partial charge is 0.493 e. The normalized spacial score (nSPS) is 16.0. The number of para-hydroxylation sites is 1. The lowest BCUT2D eigenvalue weighted by Gasteiger charge is -2.27. The highest BCUT2D eigenvalue weighted by atomic mass is 32.2. The lowest BCUT2D eigenvalue weighted by molar-refractivity contribution is 0.194. The molecule has 1 N–H and O–H groups in total. The number of unbranched alkanes of at least 4 members (excludes halogenated alkanes) is 9. The van der Waals surface area contributed by atoms with Gasteiger partial charge in [-0.15, -0.1) is 0 Å². The molecule has 1 aromatic carbocycles. The van der Waals surface area contributed by atoms with E-state index in [0.29, 0.717) is 5.92 Å². The van der Waals surface area contributed by atoms with Crippen molar-refractivity contribution in [1.29, 1.82) is 0 Å². The number of benzene rings is 1. The van der Waals surface area contributed by atoms with Crippen LogP contribution in [-0.4, -0.2) is 35.1 Å². The maximum atomic E-state index is 11.2. The first-order valence-electron chi connectivity index (χ1n) is 14.9. The van der Waals surface area contributed by atoms with E-state index in [-0.39, 0.29) is 11.4 Å². The van der Waals surface area contributed by atoms with Crippen molar-refractivity contribution in [3.63, 3.8) is 0 Å². The molecule has 2 nitrogen and oxygen atoms in total. The molecule has 35 heavy (non-hydrogen) atoms. The summed E-state index contributed by atoms with van der Waals surface area (Å²) in [6.45, 7) is 7.50. The van der Waals surface area contributed by atoms with E-state index in [1.54, 1.807) is 0 Å². The van der Waals surface area contributed by atoms with Gasteiger partial charge in [-0.1, -0.05) is 110 Å². The Morgan fingerprint density at radius 2 is 1.54 bits per heavy atom. The van der Waals surface area contributed by atoms with E-state index < -0.39 is 0 Å². The predicted molar refractivity (Wildman–Crippen MR) is 159 cm³/mol.